The fraction of sp³-hybridized carbons (Fsp3) is 0.300. The Morgan fingerprint density at radius 3 is 2.92 bits per heavy atom. The standard InChI is InChI=1S/C10H13N3/c1-6(11)8-3-4-9-7(2)12-13-10(9)5-8/h3-6H,11H2,1-2H3,(H,12,13). The highest BCUT2D eigenvalue weighted by molar-refractivity contribution is 5.81. The van der Waals surface area contributed by atoms with Crippen LogP contribution in [0.5, 0.6) is 0 Å². The van der Waals surface area contributed by atoms with E-state index >= 15 is 0 Å². The lowest BCUT2D eigenvalue weighted by Gasteiger charge is -2.03. The predicted molar refractivity (Wildman–Crippen MR) is 53.4 cm³/mol. The molecule has 0 aliphatic rings. The first-order valence-corrected chi connectivity index (χ1v) is 4.38. The molecule has 0 spiro atoms. The van der Waals surface area contributed by atoms with Crippen molar-refractivity contribution in [2.75, 3.05) is 0 Å². The predicted octanol–water partition coefficient (Wildman–Crippen LogP) is 1.89. The molecule has 1 unspecified atom stereocenters. The Bertz CT molecular complexity index is 429. The van der Waals surface area contributed by atoms with Gasteiger partial charge >= 0.3 is 0 Å². The van der Waals surface area contributed by atoms with Crippen LogP contribution in [-0.4, -0.2) is 10.2 Å². The molecule has 0 radical (unpaired) electrons. The summed E-state index contributed by atoms with van der Waals surface area (Å²) in [5.41, 5.74) is 8.99. The number of aryl methyl sites for hydroxylation is 1. The molecule has 1 heterocycles. The van der Waals surface area contributed by atoms with Crippen molar-refractivity contribution in [2.45, 2.75) is 19.9 Å². The largest absolute Gasteiger partial charge is 0.324 e. The molecular formula is C10H13N3. The van der Waals surface area contributed by atoms with Crippen molar-refractivity contribution in [3.63, 3.8) is 0 Å². The lowest BCUT2D eigenvalue weighted by molar-refractivity contribution is 0.819. The van der Waals surface area contributed by atoms with Crippen LogP contribution in [0.1, 0.15) is 24.2 Å². The summed E-state index contributed by atoms with van der Waals surface area (Å²) in [4.78, 5) is 0. The lowest BCUT2D eigenvalue weighted by Crippen LogP contribution is -2.04. The van der Waals surface area contributed by atoms with E-state index in [0.29, 0.717) is 0 Å². The van der Waals surface area contributed by atoms with Gasteiger partial charge in [0.2, 0.25) is 0 Å². The molecule has 3 N–H and O–H groups in total. The molecule has 0 aliphatic heterocycles. The number of aromatic amines is 1. The van der Waals surface area contributed by atoms with Gasteiger partial charge in [0.1, 0.15) is 0 Å². The topological polar surface area (TPSA) is 54.7 Å². The van der Waals surface area contributed by atoms with E-state index in [1.807, 2.05) is 19.9 Å². The maximum absolute atomic E-state index is 5.77. The molecule has 0 saturated carbocycles. The van der Waals surface area contributed by atoms with E-state index in [1.54, 1.807) is 0 Å². The summed E-state index contributed by atoms with van der Waals surface area (Å²) in [6.07, 6.45) is 0. The van der Waals surface area contributed by atoms with Gasteiger partial charge in [-0.1, -0.05) is 12.1 Å². The average molecular weight is 175 g/mol. The Morgan fingerprint density at radius 1 is 1.46 bits per heavy atom. The van der Waals surface area contributed by atoms with Crippen molar-refractivity contribution >= 4 is 10.9 Å². The van der Waals surface area contributed by atoms with Crippen molar-refractivity contribution in [3.05, 3.63) is 29.5 Å². The molecule has 0 fully saturated rings. The second-order valence-corrected chi connectivity index (χ2v) is 3.41. The first-order valence-electron chi connectivity index (χ1n) is 4.38. The summed E-state index contributed by atoms with van der Waals surface area (Å²) in [5.74, 6) is 0. The number of nitrogens with one attached hydrogen (secondary N) is 1. The zero-order valence-corrected chi connectivity index (χ0v) is 7.83. The van der Waals surface area contributed by atoms with Gasteiger partial charge in [-0.3, -0.25) is 5.10 Å². The first-order chi connectivity index (χ1) is 6.18. The molecule has 0 amide bonds. The smallest absolute Gasteiger partial charge is 0.0926 e. The SMILES string of the molecule is Cc1[nH]nc2cc(C(C)N)ccc12. The Balaban J connectivity index is 2.63. The zero-order valence-electron chi connectivity index (χ0n) is 7.83. The molecule has 2 rings (SSSR count). The summed E-state index contributed by atoms with van der Waals surface area (Å²) in [7, 11) is 0. The van der Waals surface area contributed by atoms with Gasteiger partial charge in [0, 0.05) is 17.1 Å². The number of benzene rings is 1. The number of nitrogens with zero attached hydrogens (tertiary/aromatic N) is 1. The molecule has 0 saturated heterocycles. The summed E-state index contributed by atoms with van der Waals surface area (Å²) >= 11 is 0. The van der Waals surface area contributed by atoms with Crippen LogP contribution in [0.3, 0.4) is 0 Å². The molecule has 0 bridgehead atoms. The number of rotatable bonds is 1. The zero-order chi connectivity index (χ0) is 9.42. The average Bonchev–Trinajstić information content (AvgIpc) is 2.47. The number of H-pyrrole nitrogens is 1. The van der Waals surface area contributed by atoms with Gasteiger partial charge in [-0.15, -0.1) is 0 Å². The third-order valence-electron chi connectivity index (χ3n) is 2.30. The van der Waals surface area contributed by atoms with E-state index in [-0.39, 0.29) is 6.04 Å². The Kier molecular flexibility index (Phi) is 1.81. The van der Waals surface area contributed by atoms with E-state index in [4.69, 9.17) is 5.73 Å². The van der Waals surface area contributed by atoms with Crippen molar-refractivity contribution in [1.29, 1.82) is 0 Å². The summed E-state index contributed by atoms with van der Waals surface area (Å²) < 4.78 is 0. The minimum atomic E-state index is 0.0707. The summed E-state index contributed by atoms with van der Waals surface area (Å²) in [5, 5.41) is 8.30. The molecular weight excluding hydrogens is 162 g/mol. The van der Waals surface area contributed by atoms with Gasteiger partial charge in [-0.05, 0) is 25.5 Å². The van der Waals surface area contributed by atoms with Crippen molar-refractivity contribution in [1.82, 2.24) is 10.2 Å². The van der Waals surface area contributed by atoms with Crippen LogP contribution in [0.25, 0.3) is 10.9 Å². The van der Waals surface area contributed by atoms with Crippen LogP contribution in [0.2, 0.25) is 0 Å². The molecule has 13 heavy (non-hydrogen) atoms. The maximum Gasteiger partial charge on any atom is 0.0926 e. The van der Waals surface area contributed by atoms with Gasteiger partial charge in [0.25, 0.3) is 0 Å². The van der Waals surface area contributed by atoms with E-state index in [9.17, 15) is 0 Å². The number of aromatic nitrogens is 2. The Labute approximate surface area is 76.9 Å². The second kappa shape index (κ2) is 2.85. The quantitative estimate of drug-likeness (QED) is 0.695. The van der Waals surface area contributed by atoms with Gasteiger partial charge in [0.15, 0.2) is 0 Å². The molecule has 68 valence electrons. The highest BCUT2D eigenvalue weighted by atomic mass is 15.1. The van der Waals surface area contributed by atoms with E-state index in [2.05, 4.69) is 22.3 Å². The molecule has 1 aromatic carbocycles. The minimum absolute atomic E-state index is 0.0707. The normalized spacial score (nSPS) is 13.5. The van der Waals surface area contributed by atoms with Crippen molar-refractivity contribution in [3.8, 4) is 0 Å². The van der Waals surface area contributed by atoms with Crippen molar-refractivity contribution < 1.29 is 0 Å². The number of hydrogen-bond acceptors (Lipinski definition) is 2. The number of nitrogens with two attached hydrogens (primary N) is 1. The monoisotopic (exact) mass is 175 g/mol. The minimum Gasteiger partial charge on any atom is -0.324 e. The lowest BCUT2D eigenvalue weighted by atomic mass is 10.1. The van der Waals surface area contributed by atoms with E-state index < -0.39 is 0 Å². The highest BCUT2D eigenvalue weighted by Gasteiger charge is 2.04. The number of fused-ring (bicyclic) bond motifs is 1. The number of hydrogen-bond donors (Lipinski definition) is 2. The maximum atomic E-state index is 5.77. The van der Waals surface area contributed by atoms with Crippen molar-refractivity contribution in [2.24, 2.45) is 5.73 Å². The third-order valence-corrected chi connectivity index (χ3v) is 2.30. The van der Waals surface area contributed by atoms with Crippen LogP contribution in [0.15, 0.2) is 18.2 Å². The fourth-order valence-electron chi connectivity index (χ4n) is 1.45. The highest BCUT2D eigenvalue weighted by Crippen LogP contribution is 2.19. The van der Waals surface area contributed by atoms with E-state index in [0.717, 1.165) is 16.8 Å². The van der Waals surface area contributed by atoms with Gasteiger partial charge in [-0.2, -0.15) is 5.10 Å². The van der Waals surface area contributed by atoms with Crippen LogP contribution < -0.4 is 5.73 Å². The molecule has 2 aromatic rings. The molecule has 1 atom stereocenters. The Morgan fingerprint density at radius 2 is 2.23 bits per heavy atom. The van der Waals surface area contributed by atoms with Gasteiger partial charge < -0.3 is 5.73 Å². The second-order valence-electron chi connectivity index (χ2n) is 3.41. The van der Waals surface area contributed by atoms with Crippen LogP contribution in [0.4, 0.5) is 0 Å². The molecule has 3 nitrogen and oxygen atoms in total. The third kappa shape index (κ3) is 1.31. The molecule has 3 heteroatoms. The summed E-state index contributed by atoms with van der Waals surface area (Å²) in [6, 6.07) is 6.22. The van der Waals surface area contributed by atoms with Crippen LogP contribution in [-0.2, 0) is 0 Å². The fourth-order valence-corrected chi connectivity index (χ4v) is 1.45. The summed E-state index contributed by atoms with van der Waals surface area (Å²) in [6.45, 7) is 3.99. The first kappa shape index (κ1) is 8.26. The van der Waals surface area contributed by atoms with E-state index in [1.165, 1.54) is 5.39 Å². The van der Waals surface area contributed by atoms with Gasteiger partial charge in [0.05, 0.1) is 5.52 Å². The van der Waals surface area contributed by atoms with Gasteiger partial charge in [-0.25, -0.2) is 0 Å². The molecule has 0 aliphatic carbocycles. The van der Waals surface area contributed by atoms with Crippen LogP contribution in [0, 0.1) is 6.92 Å². The van der Waals surface area contributed by atoms with Crippen LogP contribution >= 0.6 is 0 Å². The Hall–Kier alpha value is -1.35. The molecule has 1 aromatic heterocycles.